The molecule has 1 heterocycles. The van der Waals surface area contributed by atoms with Crippen molar-refractivity contribution in [3.8, 4) is 5.75 Å². The lowest BCUT2D eigenvalue weighted by atomic mass is 10.1. The standard InChI is InChI=1S/C23H24N2O5/c1-15-11-21(26)24-19-7-2-3-8-20(19)25(15)22(27)13-30-23(28)14-29-18-10-9-16-5-4-6-17(16)12-18/h2-3,7-10,12,15H,4-6,11,13-14H2,1H3,(H,24,26)/t15-/m1/s1. The topological polar surface area (TPSA) is 84.9 Å². The van der Waals surface area contributed by atoms with E-state index in [0.29, 0.717) is 17.1 Å². The zero-order chi connectivity index (χ0) is 21.1. The Balaban J connectivity index is 1.34. The molecule has 0 unspecified atom stereocenters. The van der Waals surface area contributed by atoms with Gasteiger partial charge in [0.25, 0.3) is 5.91 Å². The average Bonchev–Trinajstić information content (AvgIpc) is 3.15. The van der Waals surface area contributed by atoms with E-state index in [-0.39, 0.29) is 25.0 Å². The summed E-state index contributed by atoms with van der Waals surface area (Å²) < 4.78 is 10.7. The van der Waals surface area contributed by atoms with Gasteiger partial charge in [-0.2, -0.15) is 0 Å². The van der Waals surface area contributed by atoms with Crippen LogP contribution in [0, 0.1) is 0 Å². The fourth-order valence-corrected chi connectivity index (χ4v) is 4.00. The van der Waals surface area contributed by atoms with E-state index in [1.165, 1.54) is 16.0 Å². The summed E-state index contributed by atoms with van der Waals surface area (Å²) in [6, 6.07) is 12.6. The highest BCUT2D eigenvalue weighted by atomic mass is 16.6. The third-order valence-corrected chi connectivity index (χ3v) is 5.41. The number of fused-ring (bicyclic) bond motifs is 2. The van der Waals surface area contributed by atoms with Gasteiger partial charge in [0.1, 0.15) is 5.75 Å². The number of esters is 1. The number of nitrogens with one attached hydrogen (secondary N) is 1. The van der Waals surface area contributed by atoms with Gasteiger partial charge in [-0.3, -0.25) is 9.59 Å². The smallest absolute Gasteiger partial charge is 0.344 e. The number of aryl methyl sites for hydroxylation is 2. The lowest BCUT2D eigenvalue weighted by molar-refractivity contribution is -0.149. The summed E-state index contributed by atoms with van der Waals surface area (Å²) in [5.41, 5.74) is 3.74. The lowest BCUT2D eigenvalue weighted by Crippen LogP contribution is -2.41. The Morgan fingerprint density at radius 2 is 1.90 bits per heavy atom. The molecule has 1 aliphatic heterocycles. The fourth-order valence-electron chi connectivity index (χ4n) is 4.00. The summed E-state index contributed by atoms with van der Waals surface area (Å²) >= 11 is 0. The van der Waals surface area contributed by atoms with Crippen molar-refractivity contribution in [1.82, 2.24) is 0 Å². The van der Waals surface area contributed by atoms with Crippen LogP contribution in [0.1, 0.15) is 30.9 Å². The number of ether oxygens (including phenoxy) is 2. The first-order valence-electron chi connectivity index (χ1n) is 10.1. The largest absolute Gasteiger partial charge is 0.482 e. The van der Waals surface area contributed by atoms with Crippen LogP contribution in [0.2, 0.25) is 0 Å². The van der Waals surface area contributed by atoms with Crippen LogP contribution in [0.5, 0.6) is 5.75 Å². The van der Waals surface area contributed by atoms with E-state index < -0.39 is 18.5 Å². The Morgan fingerprint density at radius 1 is 1.10 bits per heavy atom. The summed E-state index contributed by atoms with van der Waals surface area (Å²) in [7, 11) is 0. The van der Waals surface area contributed by atoms with Gasteiger partial charge in [-0.05, 0) is 61.6 Å². The zero-order valence-corrected chi connectivity index (χ0v) is 16.8. The zero-order valence-electron chi connectivity index (χ0n) is 16.8. The number of rotatable bonds is 5. The highest BCUT2D eigenvalue weighted by molar-refractivity contribution is 6.05. The summed E-state index contributed by atoms with van der Waals surface area (Å²) in [4.78, 5) is 38.4. The Labute approximate surface area is 175 Å². The maximum atomic E-state index is 12.8. The monoisotopic (exact) mass is 408 g/mol. The van der Waals surface area contributed by atoms with Gasteiger partial charge < -0.3 is 19.7 Å². The highest BCUT2D eigenvalue weighted by Crippen LogP contribution is 2.31. The quantitative estimate of drug-likeness (QED) is 0.769. The van der Waals surface area contributed by atoms with Crippen molar-refractivity contribution in [2.24, 2.45) is 0 Å². The molecule has 1 aliphatic carbocycles. The van der Waals surface area contributed by atoms with Crippen LogP contribution in [0.3, 0.4) is 0 Å². The molecular weight excluding hydrogens is 384 g/mol. The van der Waals surface area contributed by atoms with Crippen LogP contribution < -0.4 is 15.0 Å². The molecule has 1 N–H and O–H groups in total. The van der Waals surface area contributed by atoms with Crippen LogP contribution in [0.4, 0.5) is 11.4 Å². The minimum atomic E-state index is -0.617. The highest BCUT2D eigenvalue weighted by Gasteiger charge is 2.30. The third-order valence-electron chi connectivity index (χ3n) is 5.41. The summed E-state index contributed by atoms with van der Waals surface area (Å²) in [6.07, 6.45) is 3.41. The van der Waals surface area contributed by atoms with Gasteiger partial charge in [-0.1, -0.05) is 18.2 Å². The van der Waals surface area contributed by atoms with E-state index in [1.807, 2.05) is 18.2 Å². The number of benzene rings is 2. The molecule has 0 fully saturated rings. The second-order valence-corrected chi connectivity index (χ2v) is 7.62. The van der Waals surface area contributed by atoms with Crippen LogP contribution >= 0.6 is 0 Å². The van der Waals surface area contributed by atoms with E-state index in [9.17, 15) is 14.4 Å². The summed E-state index contributed by atoms with van der Waals surface area (Å²) in [6.45, 7) is 1.11. The Morgan fingerprint density at radius 3 is 2.77 bits per heavy atom. The molecule has 7 heteroatoms. The third kappa shape index (κ3) is 4.30. The number of hydrogen-bond donors (Lipinski definition) is 1. The Bertz CT molecular complexity index is 987. The fraction of sp³-hybridized carbons (Fsp3) is 0.348. The van der Waals surface area contributed by atoms with E-state index in [4.69, 9.17) is 9.47 Å². The van der Waals surface area contributed by atoms with Gasteiger partial charge in [-0.25, -0.2) is 4.79 Å². The number of nitrogens with zero attached hydrogens (tertiary/aromatic N) is 1. The molecule has 0 spiro atoms. The lowest BCUT2D eigenvalue weighted by Gasteiger charge is -2.27. The molecule has 0 aromatic heterocycles. The normalized spacial score (nSPS) is 17.4. The number of hydrogen-bond acceptors (Lipinski definition) is 5. The number of amides is 2. The van der Waals surface area contributed by atoms with Gasteiger partial charge in [0.2, 0.25) is 5.91 Å². The number of para-hydroxylation sites is 2. The van der Waals surface area contributed by atoms with Gasteiger partial charge in [0, 0.05) is 12.5 Å². The summed E-state index contributed by atoms with van der Waals surface area (Å²) in [5, 5.41) is 2.80. The molecule has 0 radical (unpaired) electrons. The molecule has 2 aliphatic rings. The average molecular weight is 408 g/mol. The van der Waals surface area contributed by atoms with E-state index in [2.05, 4.69) is 5.32 Å². The maximum Gasteiger partial charge on any atom is 0.344 e. The van der Waals surface area contributed by atoms with E-state index >= 15 is 0 Å². The second-order valence-electron chi connectivity index (χ2n) is 7.62. The van der Waals surface area contributed by atoms with E-state index in [1.54, 1.807) is 31.2 Å². The van der Waals surface area contributed by atoms with E-state index in [0.717, 1.165) is 19.3 Å². The molecule has 156 valence electrons. The van der Waals surface area contributed by atoms with Gasteiger partial charge in [0.15, 0.2) is 13.2 Å². The molecule has 2 amide bonds. The molecular formula is C23H24N2O5. The van der Waals surface area contributed by atoms with Gasteiger partial charge in [-0.15, -0.1) is 0 Å². The molecule has 1 atom stereocenters. The molecule has 2 aromatic carbocycles. The van der Waals surface area contributed by atoms with Crippen molar-refractivity contribution in [2.75, 3.05) is 23.4 Å². The molecule has 2 aromatic rings. The van der Waals surface area contributed by atoms with Crippen LogP contribution in [0.25, 0.3) is 0 Å². The van der Waals surface area contributed by atoms with Crippen molar-refractivity contribution in [3.63, 3.8) is 0 Å². The first-order valence-corrected chi connectivity index (χ1v) is 10.1. The molecule has 30 heavy (non-hydrogen) atoms. The van der Waals surface area contributed by atoms with Crippen molar-refractivity contribution in [2.45, 2.75) is 38.6 Å². The molecule has 0 saturated heterocycles. The Hall–Kier alpha value is -3.35. The second kappa shape index (κ2) is 8.57. The summed E-state index contributed by atoms with van der Waals surface area (Å²) in [5.74, 6) is -0.547. The van der Waals surface area contributed by atoms with Crippen LogP contribution in [0.15, 0.2) is 42.5 Å². The predicted octanol–water partition coefficient (Wildman–Crippen LogP) is 2.86. The molecule has 0 bridgehead atoms. The van der Waals surface area contributed by atoms with Crippen molar-refractivity contribution in [3.05, 3.63) is 53.6 Å². The molecule has 0 saturated carbocycles. The van der Waals surface area contributed by atoms with Crippen molar-refractivity contribution >= 4 is 29.2 Å². The first-order chi connectivity index (χ1) is 14.5. The minimum absolute atomic E-state index is 0.162. The first kappa shape index (κ1) is 19.9. The van der Waals surface area contributed by atoms with Crippen LogP contribution in [-0.2, 0) is 32.0 Å². The van der Waals surface area contributed by atoms with Crippen molar-refractivity contribution < 1.29 is 23.9 Å². The van der Waals surface area contributed by atoms with Crippen LogP contribution in [-0.4, -0.2) is 37.0 Å². The molecule has 4 rings (SSSR count). The van der Waals surface area contributed by atoms with Gasteiger partial charge in [0.05, 0.1) is 11.4 Å². The SMILES string of the molecule is C[C@@H]1CC(=O)Nc2ccccc2N1C(=O)COC(=O)COc1ccc2c(c1)CCC2. The van der Waals surface area contributed by atoms with Crippen molar-refractivity contribution in [1.29, 1.82) is 0 Å². The predicted molar refractivity (Wildman–Crippen MR) is 112 cm³/mol. The minimum Gasteiger partial charge on any atom is -0.482 e. The van der Waals surface area contributed by atoms with Gasteiger partial charge >= 0.3 is 5.97 Å². The Kier molecular flexibility index (Phi) is 5.70. The molecule has 7 nitrogen and oxygen atoms in total. The number of carbonyl (C=O) groups is 3. The number of anilines is 2. The maximum absolute atomic E-state index is 12.8. The number of carbonyl (C=O) groups excluding carboxylic acids is 3.